The topological polar surface area (TPSA) is 55.4 Å². The van der Waals surface area contributed by atoms with Gasteiger partial charge in [0.25, 0.3) is 5.91 Å². The van der Waals surface area contributed by atoms with Crippen LogP contribution in [0.5, 0.6) is 0 Å². The summed E-state index contributed by atoms with van der Waals surface area (Å²) in [4.78, 5) is 28.2. The molecular formula is C25H17Cl2NO3S2. The molecule has 0 fully saturated rings. The maximum atomic E-state index is 13.3. The monoisotopic (exact) mass is 513 g/mol. The number of anilines is 1. The predicted molar refractivity (Wildman–Crippen MR) is 137 cm³/mol. The number of benzene rings is 2. The molecule has 4 aromatic rings. The average molecular weight is 514 g/mol. The van der Waals surface area contributed by atoms with Crippen molar-refractivity contribution in [2.24, 2.45) is 0 Å². The lowest BCUT2D eigenvalue weighted by molar-refractivity contribution is -0.148. The number of esters is 1. The van der Waals surface area contributed by atoms with E-state index in [9.17, 15) is 9.59 Å². The minimum Gasteiger partial charge on any atom is -0.444 e. The fourth-order valence-corrected chi connectivity index (χ4v) is 5.00. The van der Waals surface area contributed by atoms with Crippen molar-refractivity contribution in [3.8, 4) is 0 Å². The Morgan fingerprint density at radius 1 is 0.879 bits per heavy atom. The van der Waals surface area contributed by atoms with Crippen LogP contribution in [0, 0.1) is 0 Å². The Kier molecular flexibility index (Phi) is 7.62. The summed E-state index contributed by atoms with van der Waals surface area (Å²) in [5, 5.41) is 7.32. The van der Waals surface area contributed by atoms with E-state index < -0.39 is 18.0 Å². The molecule has 2 aromatic heterocycles. The molecule has 1 N–H and O–H groups in total. The number of nitrogens with one attached hydrogen (secondary N) is 1. The van der Waals surface area contributed by atoms with Gasteiger partial charge in [-0.15, -0.1) is 22.7 Å². The van der Waals surface area contributed by atoms with Crippen molar-refractivity contribution >= 4 is 75.1 Å². The van der Waals surface area contributed by atoms with Gasteiger partial charge < -0.3 is 10.1 Å². The summed E-state index contributed by atoms with van der Waals surface area (Å²) in [5.74, 6) is -1.12. The van der Waals surface area contributed by atoms with Crippen LogP contribution in [0.3, 0.4) is 0 Å². The number of hydrogen-bond acceptors (Lipinski definition) is 5. The van der Waals surface area contributed by atoms with E-state index in [2.05, 4.69) is 5.32 Å². The summed E-state index contributed by atoms with van der Waals surface area (Å²) in [6.07, 6.45) is 0.596. The van der Waals surface area contributed by atoms with E-state index >= 15 is 0 Å². The summed E-state index contributed by atoms with van der Waals surface area (Å²) in [6, 6.07) is 21.1. The van der Waals surface area contributed by atoms with Gasteiger partial charge in [-0.2, -0.15) is 0 Å². The molecule has 166 valence electrons. The quantitative estimate of drug-likeness (QED) is 0.204. The molecule has 0 saturated carbocycles. The lowest BCUT2D eigenvalue weighted by Crippen LogP contribution is -2.26. The highest BCUT2D eigenvalue weighted by molar-refractivity contribution is 7.12. The van der Waals surface area contributed by atoms with Crippen LogP contribution in [-0.4, -0.2) is 11.9 Å². The van der Waals surface area contributed by atoms with Gasteiger partial charge in [0.2, 0.25) is 6.10 Å². The van der Waals surface area contributed by atoms with E-state index in [1.165, 1.54) is 22.7 Å². The standard InChI is InChI=1S/C25H17Cl2NO3S2/c26-17-12-18(27)14-19(13-17)28-24(29)23(16-6-2-1-3-7-16)31-25(30)21(22-9-5-11-33-22)15-20-8-4-10-32-20/h1-15,23H,(H,28,29)/b21-15+/t23-/m0/s1. The lowest BCUT2D eigenvalue weighted by Gasteiger charge is -2.19. The number of carbonyl (C=O) groups is 2. The van der Waals surface area contributed by atoms with Crippen molar-refractivity contribution in [3.63, 3.8) is 0 Å². The zero-order valence-electron chi connectivity index (χ0n) is 17.0. The Morgan fingerprint density at radius 3 is 2.21 bits per heavy atom. The van der Waals surface area contributed by atoms with Gasteiger partial charge in [0, 0.05) is 31.1 Å². The SMILES string of the molecule is O=C(O[C@H](C(=O)Nc1cc(Cl)cc(Cl)c1)c1ccccc1)/C(=C/c1cccs1)c1cccs1. The smallest absolute Gasteiger partial charge is 0.340 e. The van der Waals surface area contributed by atoms with Gasteiger partial charge in [0.1, 0.15) is 0 Å². The number of amides is 1. The second kappa shape index (κ2) is 10.8. The van der Waals surface area contributed by atoms with Gasteiger partial charge in [-0.1, -0.05) is 65.7 Å². The molecule has 33 heavy (non-hydrogen) atoms. The van der Waals surface area contributed by atoms with Crippen LogP contribution in [0.4, 0.5) is 5.69 Å². The molecule has 0 unspecified atom stereocenters. The van der Waals surface area contributed by atoms with Gasteiger partial charge in [0.15, 0.2) is 0 Å². The number of halogens is 2. The molecule has 4 rings (SSSR count). The first kappa shape index (κ1) is 23.3. The molecule has 0 saturated heterocycles. The molecule has 0 aliphatic rings. The molecule has 2 heterocycles. The Morgan fingerprint density at radius 2 is 1.58 bits per heavy atom. The molecule has 2 aromatic carbocycles. The summed E-state index contributed by atoms with van der Waals surface area (Å²) in [7, 11) is 0. The third-order valence-corrected chi connectivity index (χ3v) is 6.69. The molecule has 0 spiro atoms. The summed E-state index contributed by atoms with van der Waals surface area (Å²) in [6.45, 7) is 0. The third-order valence-electron chi connectivity index (χ3n) is 4.53. The zero-order valence-corrected chi connectivity index (χ0v) is 20.2. The Bertz CT molecular complexity index is 1250. The predicted octanol–water partition coefficient (Wildman–Crippen LogP) is 7.58. The first-order valence-corrected chi connectivity index (χ1v) is 12.3. The highest BCUT2D eigenvalue weighted by Crippen LogP contribution is 2.30. The van der Waals surface area contributed by atoms with E-state index in [4.69, 9.17) is 27.9 Å². The van der Waals surface area contributed by atoms with Crippen LogP contribution in [0.1, 0.15) is 21.4 Å². The Hall–Kier alpha value is -2.90. The minimum atomic E-state index is -1.18. The maximum Gasteiger partial charge on any atom is 0.340 e. The van der Waals surface area contributed by atoms with Crippen molar-refractivity contribution < 1.29 is 14.3 Å². The van der Waals surface area contributed by atoms with Gasteiger partial charge in [-0.3, -0.25) is 4.79 Å². The van der Waals surface area contributed by atoms with E-state index in [0.717, 1.165) is 9.75 Å². The molecule has 0 bridgehead atoms. The largest absolute Gasteiger partial charge is 0.444 e. The Balaban J connectivity index is 1.64. The third kappa shape index (κ3) is 6.12. The van der Waals surface area contributed by atoms with Crippen molar-refractivity contribution in [1.82, 2.24) is 0 Å². The van der Waals surface area contributed by atoms with Crippen LogP contribution in [-0.2, 0) is 14.3 Å². The van der Waals surface area contributed by atoms with Gasteiger partial charge >= 0.3 is 5.97 Å². The molecule has 4 nitrogen and oxygen atoms in total. The minimum absolute atomic E-state index is 0.380. The van der Waals surface area contributed by atoms with Crippen molar-refractivity contribution in [3.05, 3.63) is 109 Å². The molecule has 1 amide bonds. The second-order valence-electron chi connectivity index (χ2n) is 6.89. The van der Waals surface area contributed by atoms with Crippen LogP contribution in [0.15, 0.2) is 83.6 Å². The zero-order chi connectivity index (χ0) is 23.2. The van der Waals surface area contributed by atoms with Crippen molar-refractivity contribution in [2.45, 2.75) is 6.10 Å². The molecule has 1 atom stereocenters. The second-order valence-corrected chi connectivity index (χ2v) is 9.69. The molecule has 8 heteroatoms. The number of thiophene rings is 2. The Labute approximate surface area is 209 Å². The van der Waals surface area contributed by atoms with Crippen molar-refractivity contribution in [1.29, 1.82) is 0 Å². The fourth-order valence-electron chi connectivity index (χ4n) is 3.08. The summed E-state index contributed by atoms with van der Waals surface area (Å²) >= 11 is 15.0. The number of ether oxygens (including phenoxy) is 1. The van der Waals surface area contributed by atoms with Crippen LogP contribution in [0.25, 0.3) is 11.6 Å². The van der Waals surface area contributed by atoms with Gasteiger partial charge in [-0.25, -0.2) is 4.79 Å². The summed E-state index contributed by atoms with van der Waals surface area (Å²) < 4.78 is 5.79. The fraction of sp³-hybridized carbons (Fsp3) is 0.0400. The first-order chi connectivity index (χ1) is 16.0. The van der Waals surface area contributed by atoms with Crippen LogP contribution >= 0.6 is 45.9 Å². The number of carbonyl (C=O) groups excluding carboxylic acids is 2. The lowest BCUT2D eigenvalue weighted by atomic mass is 10.1. The van der Waals surface area contributed by atoms with E-state index in [-0.39, 0.29) is 0 Å². The van der Waals surface area contributed by atoms with E-state index in [1.54, 1.807) is 48.5 Å². The first-order valence-electron chi connectivity index (χ1n) is 9.81. The normalized spacial score (nSPS) is 12.2. The number of rotatable bonds is 7. The molecule has 0 radical (unpaired) electrons. The van der Waals surface area contributed by atoms with Gasteiger partial charge in [-0.05, 0) is 47.2 Å². The van der Waals surface area contributed by atoms with E-state index in [1.807, 2.05) is 41.1 Å². The van der Waals surface area contributed by atoms with Crippen LogP contribution < -0.4 is 5.32 Å². The average Bonchev–Trinajstić information content (AvgIpc) is 3.49. The molecule has 0 aliphatic heterocycles. The highest BCUT2D eigenvalue weighted by Gasteiger charge is 2.28. The maximum absolute atomic E-state index is 13.3. The van der Waals surface area contributed by atoms with E-state index in [0.29, 0.717) is 26.9 Å². The number of hydrogen-bond donors (Lipinski definition) is 1. The molecule has 0 aliphatic carbocycles. The van der Waals surface area contributed by atoms with Gasteiger partial charge in [0.05, 0.1) is 5.57 Å². The highest BCUT2D eigenvalue weighted by atomic mass is 35.5. The van der Waals surface area contributed by atoms with Crippen LogP contribution in [0.2, 0.25) is 10.0 Å². The molecular weight excluding hydrogens is 497 g/mol. The summed E-state index contributed by atoms with van der Waals surface area (Å²) in [5.41, 5.74) is 1.33. The van der Waals surface area contributed by atoms with Crippen molar-refractivity contribution in [2.75, 3.05) is 5.32 Å².